The summed E-state index contributed by atoms with van der Waals surface area (Å²) in [6, 6.07) is 3.43. The fourth-order valence-electron chi connectivity index (χ4n) is 3.08. The first-order chi connectivity index (χ1) is 11.6. The van der Waals surface area contributed by atoms with E-state index in [4.69, 9.17) is 14.2 Å². The molecule has 1 aliphatic heterocycles. The molecule has 0 atom stereocenters. The van der Waals surface area contributed by atoms with Gasteiger partial charge in [0.15, 0.2) is 11.5 Å². The number of likely N-dealkylation sites (tertiary alicyclic amines) is 1. The number of piperidine rings is 1. The van der Waals surface area contributed by atoms with Crippen LogP contribution in [0, 0.1) is 5.92 Å². The van der Waals surface area contributed by atoms with Gasteiger partial charge >= 0.3 is 0 Å². The molecule has 24 heavy (non-hydrogen) atoms. The quantitative estimate of drug-likeness (QED) is 0.827. The van der Waals surface area contributed by atoms with Crippen LogP contribution < -0.4 is 19.5 Å². The summed E-state index contributed by atoms with van der Waals surface area (Å²) in [6.45, 7) is 5.70. The first kappa shape index (κ1) is 18.4. The summed E-state index contributed by atoms with van der Waals surface area (Å²) in [4.78, 5) is 14.7. The fraction of sp³-hybridized carbons (Fsp3) is 0.611. The van der Waals surface area contributed by atoms with Crippen molar-refractivity contribution in [3.63, 3.8) is 0 Å². The average Bonchev–Trinajstić information content (AvgIpc) is 2.64. The summed E-state index contributed by atoms with van der Waals surface area (Å²) in [5.41, 5.74) is 0.564. The molecule has 1 aromatic rings. The van der Waals surface area contributed by atoms with Gasteiger partial charge in [-0.05, 0) is 44.0 Å². The second-order valence-electron chi connectivity index (χ2n) is 5.96. The van der Waals surface area contributed by atoms with Crippen molar-refractivity contribution in [3.05, 3.63) is 17.7 Å². The molecule has 1 heterocycles. The number of methoxy groups -OCH3 is 3. The van der Waals surface area contributed by atoms with Gasteiger partial charge in [-0.25, -0.2) is 0 Å². The SMILES string of the molecule is CCNCC1CCN(C(=O)c2cc(OC)c(OC)c(OC)c2)CC1. The van der Waals surface area contributed by atoms with Gasteiger partial charge in [0.2, 0.25) is 5.75 Å². The maximum Gasteiger partial charge on any atom is 0.254 e. The summed E-state index contributed by atoms with van der Waals surface area (Å²) >= 11 is 0. The molecule has 0 aromatic heterocycles. The van der Waals surface area contributed by atoms with Crippen molar-refractivity contribution in [2.24, 2.45) is 5.92 Å². The highest BCUT2D eigenvalue weighted by Gasteiger charge is 2.25. The van der Waals surface area contributed by atoms with Crippen molar-refractivity contribution in [2.75, 3.05) is 47.5 Å². The third kappa shape index (κ3) is 4.12. The number of ether oxygens (including phenoxy) is 3. The topological polar surface area (TPSA) is 60.0 Å². The Bertz CT molecular complexity index is 529. The number of rotatable bonds is 7. The molecule has 0 saturated carbocycles. The van der Waals surface area contributed by atoms with Crippen LogP contribution in [0.2, 0.25) is 0 Å². The molecule has 1 aromatic carbocycles. The first-order valence-corrected chi connectivity index (χ1v) is 8.44. The monoisotopic (exact) mass is 336 g/mol. The van der Waals surface area contributed by atoms with Crippen molar-refractivity contribution in [2.45, 2.75) is 19.8 Å². The van der Waals surface area contributed by atoms with Crippen LogP contribution in [0.5, 0.6) is 17.2 Å². The third-order valence-electron chi connectivity index (χ3n) is 4.50. The predicted octanol–water partition coefficient (Wildman–Crippen LogP) is 2.17. The lowest BCUT2D eigenvalue weighted by Gasteiger charge is -2.32. The summed E-state index contributed by atoms with van der Waals surface area (Å²) in [6.07, 6.45) is 2.06. The molecule has 0 unspecified atom stereocenters. The number of carbonyl (C=O) groups is 1. The van der Waals surface area contributed by atoms with Crippen LogP contribution in [0.3, 0.4) is 0 Å². The average molecular weight is 336 g/mol. The standard InChI is InChI=1S/C18H28N2O4/c1-5-19-12-13-6-8-20(9-7-13)18(21)14-10-15(22-2)17(24-4)16(11-14)23-3/h10-11,13,19H,5-9,12H2,1-4H3. The Hall–Kier alpha value is -1.95. The van der Waals surface area contributed by atoms with E-state index in [1.165, 1.54) is 0 Å². The van der Waals surface area contributed by atoms with Crippen molar-refractivity contribution < 1.29 is 19.0 Å². The number of carbonyl (C=O) groups excluding carboxylic acids is 1. The van der Waals surface area contributed by atoms with Gasteiger partial charge in [0, 0.05) is 18.7 Å². The van der Waals surface area contributed by atoms with Crippen LogP contribution in [0.1, 0.15) is 30.1 Å². The molecule has 1 N–H and O–H groups in total. The van der Waals surface area contributed by atoms with E-state index >= 15 is 0 Å². The van der Waals surface area contributed by atoms with Gasteiger partial charge in [-0.1, -0.05) is 6.92 Å². The summed E-state index contributed by atoms with van der Waals surface area (Å²) in [7, 11) is 4.66. The molecule has 1 saturated heterocycles. The maximum absolute atomic E-state index is 12.8. The molecule has 1 fully saturated rings. The zero-order valence-electron chi connectivity index (χ0n) is 15.1. The van der Waals surface area contributed by atoms with Gasteiger partial charge in [-0.2, -0.15) is 0 Å². The molecule has 2 rings (SSSR count). The van der Waals surface area contributed by atoms with Gasteiger partial charge in [0.1, 0.15) is 0 Å². The van der Waals surface area contributed by atoms with Crippen LogP contribution in [0.15, 0.2) is 12.1 Å². The largest absolute Gasteiger partial charge is 0.493 e. The lowest BCUT2D eigenvalue weighted by Crippen LogP contribution is -2.40. The lowest BCUT2D eigenvalue weighted by atomic mass is 9.96. The Labute approximate surface area is 144 Å². The van der Waals surface area contributed by atoms with E-state index in [2.05, 4.69) is 12.2 Å². The number of amides is 1. The highest BCUT2D eigenvalue weighted by molar-refractivity contribution is 5.95. The van der Waals surface area contributed by atoms with Crippen LogP contribution >= 0.6 is 0 Å². The number of nitrogens with zero attached hydrogens (tertiary/aromatic N) is 1. The summed E-state index contributed by atoms with van der Waals surface area (Å²) in [5, 5.41) is 3.39. The van der Waals surface area contributed by atoms with E-state index in [-0.39, 0.29) is 5.91 Å². The van der Waals surface area contributed by atoms with E-state index in [1.54, 1.807) is 33.5 Å². The van der Waals surface area contributed by atoms with Gasteiger partial charge in [0.25, 0.3) is 5.91 Å². The zero-order valence-corrected chi connectivity index (χ0v) is 15.1. The van der Waals surface area contributed by atoms with E-state index in [0.717, 1.165) is 39.0 Å². The van der Waals surface area contributed by atoms with Crippen molar-refractivity contribution in [1.29, 1.82) is 0 Å². The second-order valence-corrected chi connectivity index (χ2v) is 5.96. The highest BCUT2D eigenvalue weighted by atomic mass is 16.5. The van der Waals surface area contributed by atoms with E-state index in [9.17, 15) is 4.79 Å². The highest BCUT2D eigenvalue weighted by Crippen LogP contribution is 2.38. The van der Waals surface area contributed by atoms with Crippen molar-refractivity contribution in [3.8, 4) is 17.2 Å². The van der Waals surface area contributed by atoms with Crippen LogP contribution in [0.4, 0.5) is 0 Å². The Balaban J connectivity index is 2.10. The molecule has 1 aliphatic rings. The molecular weight excluding hydrogens is 308 g/mol. The maximum atomic E-state index is 12.8. The Morgan fingerprint density at radius 2 is 1.71 bits per heavy atom. The molecule has 0 radical (unpaired) electrons. The van der Waals surface area contributed by atoms with Gasteiger partial charge in [0.05, 0.1) is 21.3 Å². The van der Waals surface area contributed by atoms with E-state index in [1.807, 2.05) is 4.90 Å². The first-order valence-electron chi connectivity index (χ1n) is 8.44. The Morgan fingerprint density at radius 3 is 2.17 bits per heavy atom. The van der Waals surface area contributed by atoms with Gasteiger partial charge in [-0.3, -0.25) is 4.79 Å². The molecule has 0 spiro atoms. The van der Waals surface area contributed by atoms with E-state index in [0.29, 0.717) is 28.7 Å². The second kappa shape index (κ2) is 8.78. The molecule has 6 nitrogen and oxygen atoms in total. The Morgan fingerprint density at radius 1 is 1.12 bits per heavy atom. The lowest BCUT2D eigenvalue weighted by molar-refractivity contribution is 0.0689. The molecule has 6 heteroatoms. The van der Waals surface area contributed by atoms with Crippen LogP contribution in [-0.4, -0.2) is 58.3 Å². The normalized spacial score (nSPS) is 15.2. The minimum atomic E-state index is 0.0103. The third-order valence-corrected chi connectivity index (χ3v) is 4.50. The smallest absolute Gasteiger partial charge is 0.254 e. The molecule has 134 valence electrons. The minimum absolute atomic E-state index is 0.0103. The van der Waals surface area contributed by atoms with Crippen molar-refractivity contribution >= 4 is 5.91 Å². The predicted molar refractivity (Wildman–Crippen MR) is 93.3 cm³/mol. The minimum Gasteiger partial charge on any atom is -0.493 e. The van der Waals surface area contributed by atoms with Crippen LogP contribution in [-0.2, 0) is 0 Å². The van der Waals surface area contributed by atoms with Gasteiger partial charge < -0.3 is 24.4 Å². The number of nitrogens with one attached hydrogen (secondary N) is 1. The molecule has 0 aliphatic carbocycles. The zero-order chi connectivity index (χ0) is 17.5. The number of hydrogen-bond donors (Lipinski definition) is 1. The van der Waals surface area contributed by atoms with Crippen LogP contribution in [0.25, 0.3) is 0 Å². The molecular formula is C18H28N2O4. The Kier molecular flexibility index (Phi) is 6.73. The summed E-state index contributed by atoms with van der Waals surface area (Å²) < 4.78 is 16.0. The number of hydrogen-bond acceptors (Lipinski definition) is 5. The summed E-state index contributed by atoms with van der Waals surface area (Å²) in [5.74, 6) is 2.16. The van der Waals surface area contributed by atoms with E-state index < -0.39 is 0 Å². The fourth-order valence-corrected chi connectivity index (χ4v) is 3.08. The van der Waals surface area contributed by atoms with Crippen molar-refractivity contribution in [1.82, 2.24) is 10.2 Å². The number of benzene rings is 1. The molecule has 0 bridgehead atoms. The molecule has 1 amide bonds. The van der Waals surface area contributed by atoms with Gasteiger partial charge in [-0.15, -0.1) is 0 Å².